The molecular weight excluding hydrogens is 398 g/mol. The largest absolute Gasteiger partial charge is 0.497 e. The third kappa shape index (κ3) is 5.44. The number of aryl methyl sites for hydroxylation is 3. The van der Waals surface area contributed by atoms with Crippen molar-refractivity contribution in [3.63, 3.8) is 0 Å². The van der Waals surface area contributed by atoms with Crippen LogP contribution >= 0.6 is 11.3 Å². The molecule has 3 aromatic rings. The molecule has 0 unspecified atom stereocenters. The molecule has 0 aliphatic carbocycles. The van der Waals surface area contributed by atoms with E-state index in [-0.39, 0.29) is 0 Å². The summed E-state index contributed by atoms with van der Waals surface area (Å²) in [5.74, 6) is 2.43. The number of thiazole rings is 1. The molecule has 0 spiro atoms. The quantitative estimate of drug-likeness (QED) is 0.273. The molecule has 8 heteroatoms. The van der Waals surface area contributed by atoms with E-state index in [2.05, 4.69) is 45.5 Å². The second-order valence-corrected chi connectivity index (χ2v) is 8.35. The highest BCUT2D eigenvalue weighted by Gasteiger charge is 2.09. The second-order valence-electron chi connectivity index (χ2n) is 7.06. The molecule has 0 saturated heterocycles. The van der Waals surface area contributed by atoms with Crippen LogP contribution in [0.2, 0.25) is 0 Å². The van der Waals surface area contributed by atoms with E-state index in [4.69, 9.17) is 9.47 Å². The lowest BCUT2D eigenvalue weighted by atomic mass is 10.2. The Bertz CT molecular complexity index is 989. The summed E-state index contributed by atoms with van der Waals surface area (Å²) in [7, 11) is 3.34. The van der Waals surface area contributed by atoms with Gasteiger partial charge in [-0.2, -0.15) is 0 Å². The number of nitrogens with one attached hydrogen (secondary N) is 3. The van der Waals surface area contributed by atoms with Crippen LogP contribution in [0.15, 0.2) is 23.2 Å². The number of aromatic amines is 1. The molecule has 0 atom stereocenters. The molecular formula is C22H31N5O2S. The summed E-state index contributed by atoms with van der Waals surface area (Å²) in [6.45, 7) is 8.46. The van der Waals surface area contributed by atoms with E-state index in [1.165, 1.54) is 10.6 Å². The summed E-state index contributed by atoms with van der Waals surface area (Å²) in [6, 6.07) is 6.06. The first-order chi connectivity index (χ1) is 14.5. The van der Waals surface area contributed by atoms with Crippen LogP contribution in [0.1, 0.15) is 34.6 Å². The van der Waals surface area contributed by atoms with E-state index in [1.54, 1.807) is 25.6 Å². The molecule has 0 aliphatic heterocycles. The summed E-state index contributed by atoms with van der Waals surface area (Å²) in [6.07, 6.45) is 1.91. The van der Waals surface area contributed by atoms with Gasteiger partial charge in [0.2, 0.25) is 0 Å². The van der Waals surface area contributed by atoms with E-state index in [9.17, 15) is 0 Å². The average Bonchev–Trinajstić information content (AvgIpc) is 3.30. The second kappa shape index (κ2) is 10.3. The van der Waals surface area contributed by atoms with E-state index in [1.807, 2.05) is 19.1 Å². The molecule has 3 rings (SSSR count). The van der Waals surface area contributed by atoms with Crippen LogP contribution in [-0.2, 0) is 13.0 Å². The van der Waals surface area contributed by atoms with Crippen LogP contribution in [0.3, 0.4) is 0 Å². The van der Waals surface area contributed by atoms with Crippen molar-refractivity contribution in [3.8, 4) is 11.5 Å². The molecule has 162 valence electrons. The molecule has 7 nitrogen and oxygen atoms in total. The summed E-state index contributed by atoms with van der Waals surface area (Å²) in [5, 5.41) is 8.83. The van der Waals surface area contributed by atoms with Gasteiger partial charge in [0.1, 0.15) is 16.5 Å². The summed E-state index contributed by atoms with van der Waals surface area (Å²) < 4.78 is 10.8. The number of guanidine groups is 1. The number of hydrogen-bond donors (Lipinski definition) is 3. The fourth-order valence-electron chi connectivity index (χ4n) is 3.24. The fourth-order valence-corrected chi connectivity index (χ4v) is 4.10. The number of H-pyrrole nitrogens is 1. The van der Waals surface area contributed by atoms with Gasteiger partial charge < -0.3 is 25.1 Å². The Balaban J connectivity index is 1.56. The highest BCUT2D eigenvalue weighted by Crippen LogP contribution is 2.31. The van der Waals surface area contributed by atoms with Crippen molar-refractivity contribution < 1.29 is 9.47 Å². The van der Waals surface area contributed by atoms with Crippen LogP contribution in [0.4, 0.5) is 0 Å². The predicted octanol–water partition coefficient (Wildman–Crippen LogP) is 3.95. The van der Waals surface area contributed by atoms with E-state index in [0.29, 0.717) is 6.54 Å². The zero-order chi connectivity index (χ0) is 21.5. The third-order valence-corrected chi connectivity index (χ3v) is 5.95. The molecule has 2 aromatic heterocycles. The maximum Gasteiger partial charge on any atom is 0.191 e. The molecule has 3 N–H and O–H groups in total. The first-order valence-corrected chi connectivity index (χ1v) is 11.0. The molecule has 2 heterocycles. The van der Waals surface area contributed by atoms with E-state index >= 15 is 0 Å². The summed E-state index contributed by atoms with van der Waals surface area (Å²) in [5.41, 5.74) is 3.29. The van der Waals surface area contributed by atoms with Crippen molar-refractivity contribution in [2.24, 2.45) is 4.99 Å². The molecule has 0 bridgehead atoms. The van der Waals surface area contributed by atoms with Crippen molar-refractivity contribution >= 4 is 28.2 Å². The van der Waals surface area contributed by atoms with Gasteiger partial charge in [-0.25, -0.2) is 9.98 Å². The Morgan fingerprint density at radius 3 is 2.67 bits per heavy atom. The van der Waals surface area contributed by atoms with Crippen LogP contribution < -0.4 is 20.1 Å². The number of benzene rings is 1. The number of nitrogens with zero attached hydrogens (tertiary/aromatic N) is 2. The molecule has 30 heavy (non-hydrogen) atoms. The monoisotopic (exact) mass is 429 g/mol. The molecule has 0 aliphatic rings. The molecule has 0 amide bonds. The number of rotatable bonds is 9. The Morgan fingerprint density at radius 2 is 2.00 bits per heavy atom. The Hall–Kier alpha value is -2.74. The SMILES string of the molecule is CCNC(=NCc1nc(C)c(C)s1)NCCCc1cc2c(OC)cc(OC)cc2[nH]1. The minimum absolute atomic E-state index is 0.596. The van der Waals surface area contributed by atoms with Gasteiger partial charge in [-0.05, 0) is 39.7 Å². The summed E-state index contributed by atoms with van der Waals surface area (Å²) in [4.78, 5) is 13.9. The van der Waals surface area contributed by atoms with Crippen molar-refractivity contribution in [2.75, 3.05) is 27.3 Å². The van der Waals surface area contributed by atoms with Crippen molar-refractivity contribution in [3.05, 3.63) is 39.5 Å². The number of hydrogen-bond acceptors (Lipinski definition) is 5. The number of fused-ring (bicyclic) bond motifs is 1. The zero-order valence-corrected chi connectivity index (χ0v) is 19.2. The smallest absolute Gasteiger partial charge is 0.191 e. The van der Waals surface area contributed by atoms with Crippen LogP contribution in [-0.4, -0.2) is 43.2 Å². The van der Waals surface area contributed by atoms with Crippen LogP contribution in [0.5, 0.6) is 11.5 Å². The zero-order valence-electron chi connectivity index (χ0n) is 18.4. The predicted molar refractivity (Wildman–Crippen MR) is 124 cm³/mol. The lowest BCUT2D eigenvalue weighted by Gasteiger charge is -2.10. The van der Waals surface area contributed by atoms with Gasteiger partial charge in [0.15, 0.2) is 5.96 Å². The van der Waals surface area contributed by atoms with Crippen LogP contribution in [0, 0.1) is 13.8 Å². The minimum atomic E-state index is 0.596. The van der Waals surface area contributed by atoms with Gasteiger partial charge in [-0.15, -0.1) is 11.3 Å². The Morgan fingerprint density at radius 1 is 1.17 bits per heavy atom. The fraction of sp³-hybridized carbons (Fsp3) is 0.455. The topological polar surface area (TPSA) is 83.6 Å². The minimum Gasteiger partial charge on any atom is -0.497 e. The van der Waals surface area contributed by atoms with Crippen molar-refractivity contribution in [2.45, 2.75) is 40.2 Å². The van der Waals surface area contributed by atoms with Gasteiger partial charge in [0, 0.05) is 41.2 Å². The lowest BCUT2D eigenvalue weighted by molar-refractivity contribution is 0.398. The molecule has 1 aromatic carbocycles. The maximum atomic E-state index is 5.50. The van der Waals surface area contributed by atoms with Gasteiger partial charge in [-0.1, -0.05) is 0 Å². The first-order valence-electron chi connectivity index (χ1n) is 10.2. The number of aromatic nitrogens is 2. The number of aliphatic imine (C=N–C) groups is 1. The third-order valence-electron chi connectivity index (χ3n) is 4.89. The normalized spacial score (nSPS) is 11.7. The highest BCUT2D eigenvalue weighted by atomic mass is 32.1. The number of ether oxygens (including phenoxy) is 2. The lowest BCUT2D eigenvalue weighted by Crippen LogP contribution is -2.37. The maximum absolute atomic E-state index is 5.50. The Labute approximate surface area is 181 Å². The first kappa shape index (κ1) is 22.0. The van der Waals surface area contributed by atoms with Gasteiger partial charge in [-0.3, -0.25) is 0 Å². The van der Waals surface area contributed by atoms with Crippen molar-refractivity contribution in [1.29, 1.82) is 0 Å². The van der Waals surface area contributed by atoms with Gasteiger partial charge >= 0.3 is 0 Å². The Kier molecular flexibility index (Phi) is 7.57. The molecule has 0 fully saturated rings. The van der Waals surface area contributed by atoms with Crippen molar-refractivity contribution in [1.82, 2.24) is 20.6 Å². The van der Waals surface area contributed by atoms with E-state index < -0.39 is 0 Å². The molecule has 0 radical (unpaired) electrons. The highest BCUT2D eigenvalue weighted by molar-refractivity contribution is 7.11. The molecule has 0 saturated carbocycles. The number of methoxy groups -OCH3 is 2. The van der Waals surface area contributed by atoms with Gasteiger partial charge in [0.25, 0.3) is 0 Å². The van der Waals surface area contributed by atoms with Crippen LogP contribution in [0.25, 0.3) is 10.9 Å². The van der Waals surface area contributed by atoms with Gasteiger partial charge in [0.05, 0.1) is 32.0 Å². The standard InChI is InChI=1S/C22H31N5O2S/c1-6-23-22(25-13-21-26-14(2)15(3)30-21)24-9-7-8-16-10-18-19(27-16)11-17(28-4)12-20(18)29-5/h10-12,27H,6-9,13H2,1-5H3,(H2,23,24,25). The average molecular weight is 430 g/mol. The van der Waals surface area contributed by atoms with E-state index in [0.717, 1.165) is 65.0 Å². The summed E-state index contributed by atoms with van der Waals surface area (Å²) >= 11 is 1.71.